The number of aromatic hydroxyl groups is 1. The molecule has 0 radical (unpaired) electrons. The molecule has 29 heavy (non-hydrogen) atoms. The van der Waals surface area contributed by atoms with Crippen molar-refractivity contribution in [3.63, 3.8) is 0 Å². The van der Waals surface area contributed by atoms with E-state index in [1.54, 1.807) is 4.90 Å². The van der Waals surface area contributed by atoms with Crippen LogP contribution in [0.2, 0.25) is 0 Å². The number of phenolic OH excluding ortho intramolecular Hbond substituents is 1. The summed E-state index contributed by atoms with van der Waals surface area (Å²) in [5, 5.41) is 20.9. The first-order chi connectivity index (χ1) is 13.8. The van der Waals surface area contributed by atoms with E-state index in [2.05, 4.69) is 18.9 Å². The number of hydrogen-bond donors (Lipinski definition) is 2. The van der Waals surface area contributed by atoms with Gasteiger partial charge in [0, 0.05) is 18.5 Å². The highest BCUT2D eigenvalue weighted by molar-refractivity contribution is 5.95. The lowest BCUT2D eigenvalue weighted by Crippen LogP contribution is -2.43. The molecule has 2 heterocycles. The van der Waals surface area contributed by atoms with Crippen LogP contribution in [0.25, 0.3) is 0 Å². The molecule has 0 unspecified atom stereocenters. The minimum absolute atomic E-state index is 0.0214. The van der Waals surface area contributed by atoms with Crippen LogP contribution in [0.1, 0.15) is 67.1 Å². The number of rotatable bonds is 4. The molecule has 1 aromatic heterocycles. The van der Waals surface area contributed by atoms with Crippen molar-refractivity contribution in [1.29, 1.82) is 0 Å². The molecular weight excluding hydrogens is 379 g/mol. The number of fused-ring (bicyclic) bond motifs is 1. The fraction of sp³-hybridized carbons (Fsp3) is 0.500. The molecule has 0 spiro atoms. The minimum atomic E-state index is -0.705. The average Bonchev–Trinajstić information content (AvgIpc) is 3.41. The second kappa shape index (κ2) is 8.59. The number of nitrogens with zero attached hydrogens (tertiary/aromatic N) is 4. The Bertz CT molecular complexity index is 895. The zero-order valence-corrected chi connectivity index (χ0v) is 16.5. The van der Waals surface area contributed by atoms with Gasteiger partial charge >= 0.3 is 0 Å². The van der Waals surface area contributed by atoms with Crippen LogP contribution < -0.4 is 0 Å². The van der Waals surface area contributed by atoms with E-state index in [0.29, 0.717) is 24.9 Å². The lowest BCUT2D eigenvalue weighted by atomic mass is 9.99. The standard InChI is InChI=1S/C19H23FN4O2.CH2O2/c1-11(2)9-16-18-21-17(12-3-4-12)22-24(18)8-7-23(16)19(26)14-6-5-13(25)10-15(14)20;2-1-3/h5-6,10-12,16,25H,3-4,7-9H2,1-2H3;1H,(H,2,3)/t16-;/m0./s1. The van der Waals surface area contributed by atoms with Crippen LogP contribution in [-0.4, -0.2) is 48.8 Å². The van der Waals surface area contributed by atoms with Gasteiger partial charge in [0.25, 0.3) is 12.4 Å². The number of hydrogen-bond acceptors (Lipinski definition) is 5. The Morgan fingerprint density at radius 3 is 2.62 bits per heavy atom. The molecule has 2 aliphatic rings. The number of phenols is 1. The second-order valence-electron chi connectivity index (χ2n) is 7.74. The van der Waals surface area contributed by atoms with Gasteiger partial charge in [-0.2, -0.15) is 5.10 Å². The van der Waals surface area contributed by atoms with Gasteiger partial charge in [0.15, 0.2) is 5.82 Å². The summed E-state index contributed by atoms with van der Waals surface area (Å²) in [7, 11) is 0. The van der Waals surface area contributed by atoms with Gasteiger partial charge in [-0.25, -0.2) is 14.1 Å². The highest BCUT2D eigenvalue weighted by Gasteiger charge is 2.37. The van der Waals surface area contributed by atoms with Crippen molar-refractivity contribution in [2.75, 3.05) is 6.54 Å². The molecule has 4 rings (SSSR count). The normalized spacial score (nSPS) is 18.1. The first-order valence-corrected chi connectivity index (χ1v) is 9.67. The van der Waals surface area contributed by atoms with E-state index in [1.807, 2.05) is 4.68 Å². The summed E-state index contributed by atoms with van der Waals surface area (Å²) in [6.45, 7) is 4.98. The van der Waals surface area contributed by atoms with Crippen molar-refractivity contribution < 1.29 is 24.2 Å². The smallest absolute Gasteiger partial charge is 0.290 e. The lowest BCUT2D eigenvalue weighted by molar-refractivity contribution is -0.122. The maximum absolute atomic E-state index is 14.2. The summed E-state index contributed by atoms with van der Waals surface area (Å²) in [5.41, 5.74) is -0.0214. The third-order valence-electron chi connectivity index (χ3n) is 5.02. The van der Waals surface area contributed by atoms with Crippen molar-refractivity contribution in [2.45, 2.75) is 51.6 Å². The molecule has 2 N–H and O–H groups in total. The molecule has 9 heteroatoms. The number of amides is 1. The highest BCUT2D eigenvalue weighted by atomic mass is 19.1. The van der Waals surface area contributed by atoms with Gasteiger partial charge in [0.2, 0.25) is 0 Å². The van der Waals surface area contributed by atoms with Gasteiger partial charge in [0.1, 0.15) is 17.4 Å². The third-order valence-corrected chi connectivity index (χ3v) is 5.02. The van der Waals surface area contributed by atoms with Crippen molar-refractivity contribution in [3.05, 3.63) is 41.2 Å². The Balaban J connectivity index is 0.000000755. The van der Waals surface area contributed by atoms with E-state index in [-0.39, 0.29) is 29.7 Å². The number of carboxylic acid groups (broad SMARTS) is 1. The number of benzene rings is 1. The van der Waals surface area contributed by atoms with E-state index in [4.69, 9.17) is 14.9 Å². The van der Waals surface area contributed by atoms with E-state index < -0.39 is 5.82 Å². The van der Waals surface area contributed by atoms with Crippen LogP contribution in [-0.2, 0) is 11.3 Å². The third kappa shape index (κ3) is 4.55. The van der Waals surface area contributed by atoms with Crippen LogP contribution in [0.3, 0.4) is 0 Å². The first-order valence-electron chi connectivity index (χ1n) is 9.67. The van der Waals surface area contributed by atoms with Gasteiger partial charge in [-0.15, -0.1) is 0 Å². The zero-order valence-electron chi connectivity index (χ0n) is 16.5. The summed E-state index contributed by atoms with van der Waals surface area (Å²) in [4.78, 5) is 27.8. The van der Waals surface area contributed by atoms with Gasteiger partial charge in [-0.3, -0.25) is 9.59 Å². The molecule has 1 aromatic carbocycles. The SMILES string of the molecule is CC(C)C[C@H]1c2nc(C3CC3)nn2CCN1C(=O)c1ccc(O)cc1F.O=CO. The van der Waals surface area contributed by atoms with Gasteiger partial charge in [0.05, 0.1) is 18.2 Å². The fourth-order valence-electron chi connectivity index (χ4n) is 3.55. The Labute approximate surface area is 168 Å². The van der Waals surface area contributed by atoms with Crippen molar-refractivity contribution >= 4 is 12.4 Å². The number of aromatic nitrogens is 3. The van der Waals surface area contributed by atoms with E-state index >= 15 is 0 Å². The summed E-state index contributed by atoms with van der Waals surface area (Å²) in [6.07, 6.45) is 2.99. The number of carbonyl (C=O) groups is 2. The highest BCUT2D eigenvalue weighted by Crippen LogP contribution is 2.40. The first kappa shape index (κ1) is 20.8. The molecule has 2 aromatic rings. The van der Waals surface area contributed by atoms with E-state index in [0.717, 1.165) is 37.0 Å². The molecular formula is C20H25FN4O4. The monoisotopic (exact) mass is 404 g/mol. The molecule has 1 fully saturated rings. The molecule has 1 atom stereocenters. The second-order valence-corrected chi connectivity index (χ2v) is 7.74. The molecule has 8 nitrogen and oxygen atoms in total. The Hall–Kier alpha value is -2.97. The molecule has 1 aliphatic heterocycles. The topological polar surface area (TPSA) is 109 Å². The maximum Gasteiger partial charge on any atom is 0.290 e. The quantitative estimate of drug-likeness (QED) is 0.759. The van der Waals surface area contributed by atoms with Crippen LogP contribution in [0.4, 0.5) is 4.39 Å². The van der Waals surface area contributed by atoms with Crippen LogP contribution >= 0.6 is 0 Å². The van der Waals surface area contributed by atoms with Gasteiger partial charge in [-0.1, -0.05) is 13.8 Å². The fourth-order valence-corrected chi connectivity index (χ4v) is 3.55. The Kier molecular flexibility index (Phi) is 6.14. The predicted octanol–water partition coefficient (Wildman–Crippen LogP) is 2.94. The average molecular weight is 404 g/mol. The van der Waals surface area contributed by atoms with Crippen molar-refractivity contribution in [2.24, 2.45) is 5.92 Å². The lowest BCUT2D eigenvalue weighted by Gasteiger charge is -2.36. The van der Waals surface area contributed by atoms with Crippen molar-refractivity contribution in [3.8, 4) is 5.75 Å². The van der Waals surface area contributed by atoms with Crippen LogP contribution in [0.15, 0.2) is 18.2 Å². The molecule has 156 valence electrons. The van der Waals surface area contributed by atoms with E-state index in [9.17, 15) is 14.3 Å². The zero-order chi connectivity index (χ0) is 21.1. The molecule has 1 amide bonds. The Morgan fingerprint density at radius 1 is 1.34 bits per heavy atom. The molecule has 0 saturated heterocycles. The largest absolute Gasteiger partial charge is 0.508 e. The van der Waals surface area contributed by atoms with E-state index in [1.165, 1.54) is 12.1 Å². The summed E-state index contributed by atoms with van der Waals surface area (Å²) in [6, 6.07) is 3.44. The van der Waals surface area contributed by atoms with Gasteiger partial charge in [-0.05, 0) is 37.3 Å². The minimum Gasteiger partial charge on any atom is -0.508 e. The molecule has 1 saturated carbocycles. The number of carbonyl (C=O) groups excluding carboxylic acids is 1. The van der Waals surface area contributed by atoms with Crippen LogP contribution in [0.5, 0.6) is 5.75 Å². The summed E-state index contributed by atoms with van der Waals surface area (Å²) in [5.74, 6) is 1.22. The number of halogens is 1. The predicted molar refractivity (Wildman–Crippen MR) is 102 cm³/mol. The van der Waals surface area contributed by atoms with Gasteiger partial charge < -0.3 is 15.1 Å². The van der Waals surface area contributed by atoms with Crippen molar-refractivity contribution in [1.82, 2.24) is 19.7 Å². The Morgan fingerprint density at radius 2 is 2.03 bits per heavy atom. The summed E-state index contributed by atoms with van der Waals surface area (Å²) >= 11 is 0. The maximum atomic E-state index is 14.2. The molecule has 1 aliphatic carbocycles. The van der Waals surface area contributed by atoms with Crippen LogP contribution in [0, 0.1) is 11.7 Å². The summed E-state index contributed by atoms with van der Waals surface area (Å²) < 4.78 is 16.1. The molecule has 0 bridgehead atoms.